The van der Waals surface area contributed by atoms with E-state index in [9.17, 15) is 33.6 Å². The molecule has 14 heteroatoms. The average Bonchev–Trinajstić information content (AvgIpc) is 3.62. The van der Waals surface area contributed by atoms with Crippen molar-refractivity contribution in [2.45, 2.75) is 123 Å². The second-order valence-corrected chi connectivity index (χ2v) is 14.9. The van der Waals surface area contributed by atoms with Crippen LogP contribution in [0.2, 0.25) is 0 Å². The molecule has 4 unspecified atom stereocenters. The number of carbonyl (C=O) groups excluding carboxylic acids is 7. The Morgan fingerprint density at radius 2 is 1.58 bits per heavy atom. The maximum Gasteiger partial charge on any atom is 0.408 e. The van der Waals surface area contributed by atoms with Crippen LogP contribution in [0.25, 0.3) is 0 Å². The standard InChI is InChI=1S/C38H58N6O8/c1-8-16-27(31(46)34(48)39-23-29(45)41-30(35(49)43(6)7)26-17-11-9-12-18-26)40-33(47)28-19-15-22-44(28)36(50)32(38(5)20-13-10-14-21-38)42-37(51)52-25(4)24(2)3/h9,11-12,17-18,24-25,27-28,30,32H,8,10,13-16,19-23H2,1-7H3,(H,39,48)(H,40,47)(H,41,45)(H,42,51)/t25?,27?,28-,30?,32?/m0/s1. The SMILES string of the molecule is CCCC(NC(=O)[C@@H]1CCCN1C(=O)C(NC(=O)OC(C)C(C)C)C1(C)CCCCC1)C(=O)C(=O)NCC(=O)NC(C(=O)N(C)C)c1ccccc1. The van der Waals surface area contributed by atoms with E-state index >= 15 is 0 Å². The van der Waals surface area contributed by atoms with Crippen LogP contribution in [-0.2, 0) is 33.5 Å². The van der Waals surface area contributed by atoms with Crippen LogP contribution in [0.1, 0.15) is 104 Å². The van der Waals surface area contributed by atoms with Gasteiger partial charge in [0.1, 0.15) is 24.2 Å². The van der Waals surface area contributed by atoms with Gasteiger partial charge in [0.05, 0.1) is 12.6 Å². The normalized spacial score (nSPS) is 19.0. The van der Waals surface area contributed by atoms with E-state index in [1.54, 1.807) is 58.3 Å². The molecule has 1 heterocycles. The number of likely N-dealkylation sites (N-methyl/N-ethyl adjacent to an activating group) is 1. The minimum atomic E-state index is -1.19. The first-order valence-corrected chi connectivity index (χ1v) is 18.5. The molecule has 1 saturated heterocycles. The molecule has 0 spiro atoms. The van der Waals surface area contributed by atoms with Crippen molar-refractivity contribution in [2.24, 2.45) is 11.3 Å². The van der Waals surface area contributed by atoms with E-state index < -0.39 is 65.7 Å². The van der Waals surface area contributed by atoms with Crippen LogP contribution in [0.3, 0.4) is 0 Å². The summed E-state index contributed by atoms with van der Waals surface area (Å²) in [4.78, 5) is 95.7. The second-order valence-electron chi connectivity index (χ2n) is 14.9. The minimum absolute atomic E-state index is 0.0839. The molecular formula is C38H58N6O8. The fraction of sp³-hybridized carbons (Fsp3) is 0.658. The minimum Gasteiger partial charge on any atom is -0.446 e. The lowest BCUT2D eigenvalue weighted by Gasteiger charge is -2.42. The quantitative estimate of drug-likeness (QED) is 0.188. The molecule has 6 amide bonds. The predicted octanol–water partition coefficient (Wildman–Crippen LogP) is 3.00. The van der Waals surface area contributed by atoms with Gasteiger partial charge in [-0.05, 0) is 55.9 Å². The van der Waals surface area contributed by atoms with Gasteiger partial charge in [-0.3, -0.25) is 28.8 Å². The summed E-state index contributed by atoms with van der Waals surface area (Å²) in [7, 11) is 3.12. The van der Waals surface area contributed by atoms with Gasteiger partial charge >= 0.3 is 6.09 Å². The van der Waals surface area contributed by atoms with E-state index in [4.69, 9.17) is 4.74 Å². The smallest absolute Gasteiger partial charge is 0.408 e. The molecule has 1 saturated carbocycles. The van der Waals surface area contributed by atoms with Gasteiger partial charge in [0.15, 0.2) is 0 Å². The molecule has 0 radical (unpaired) electrons. The Morgan fingerprint density at radius 3 is 2.17 bits per heavy atom. The van der Waals surface area contributed by atoms with Gasteiger partial charge in [0.25, 0.3) is 5.91 Å². The van der Waals surface area contributed by atoms with Gasteiger partial charge in [0.2, 0.25) is 29.4 Å². The Labute approximate surface area is 307 Å². The first kappa shape index (κ1) is 41.9. The van der Waals surface area contributed by atoms with Crippen molar-refractivity contribution in [2.75, 3.05) is 27.2 Å². The summed E-state index contributed by atoms with van der Waals surface area (Å²) in [5.41, 5.74) is 0.0167. The second kappa shape index (κ2) is 19.4. The van der Waals surface area contributed by atoms with E-state index in [1.807, 2.05) is 20.8 Å². The van der Waals surface area contributed by atoms with Gasteiger partial charge < -0.3 is 35.8 Å². The molecule has 2 aliphatic rings. The molecule has 0 aromatic heterocycles. The molecule has 14 nitrogen and oxygen atoms in total. The van der Waals surface area contributed by atoms with E-state index in [0.29, 0.717) is 31.4 Å². The lowest BCUT2D eigenvalue weighted by atomic mass is 9.70. The first-order valence-electron chi connectivity index (χ1n) is 18.5. The van der Waals surface area contributed by atoms with Crippen LogP contribution in [0.5, 0.6) is 0 Å². The number of nitrogens with zero attached hydrogens (tertiary/aromatic N) is 2. The third kappa shape index (κ3) is 11.3. The highest BCUT2D eigenvalue weighted by atomic mass is 16.6. The Balaban J connectivity index is 1.68. The van der Waals surface area contributed by atoms with Crippen LogP contribution in [-0.4, -0.2) is 103 Å². The lowest BCUT2D eigenvalue weighted by molar-refractivity contribution is -0.144. The molecule has 0 bridgehead atoms. The number of hydrogen-bond donors (Lipinski definition) is 4. The molecule has 3 rings (SSSR count). The van der Waals surface area contributed by atoms with Crippen molar-refractivity contribution in [1.82, 2.24) is 31.1 Å². The van der Waals surface area contributed by atoms with E-state index in [1.165, 1.54) is 9.80 Å². The van der Waals surface area contributed by atoms with Gasteiger partial charge in [-0.1, -0.05) is 83.7 Å². The monoisotopic (exact) mass is 726 g/mol. The summed E-state index contributed by atoms with van der Waals surface area (Å²) in [5, 5.41) is 10.5. The Bertz CT molecular complexity index is 1430. The van der Waals surface area contributed by atoms with E-state index in [-0.39, 0.29) is 30.3 Å². The molecule has 2 fully saturated rings. The molecule has 52 heavy (non-hydrogen) atoms. The third-order valence-corrected chi connectivity index (χ3v) is 10.2. The fourth-order valence-electron chi connectivity index (χ4n) is 6.74. The number of ether oxygens (including phenoxy) is 1. The molecule has 5 atom stereocenters. The summed E-state index contributed by atoms with van der Waals surface area (Å²) < 4.78 is 5.57. The van der Waals surface area contributed by atoms with Crippen molar-refractivity contribution in [1.29, 1.82) is 0 Å². The van der Waals surface area contributed by atoms with Crippen LogP contribution < -0.4 is 21.3 Å². The summed E-state index contributed by atoms with van der Waals surface area (Å²) in [5.74, 6) is -3.91. The predicted molar refractivity (Wildman–Crippen MR) is 195 cm³/mol. The number of Topliss-reactive ketones (excluding diaryl/α,β-unsaturated/α-hetero) is 1. The van der Waals surface area contributed by atoms with Crippen molar-refractivity contribution < 1.29 is 38.3 Å². The highest BCUT2D eigenvalue weighted by Crippen LogP contribution is 2.40. The number of rotatable bonds is 16. The summed E-state index contributed by atoms with van der Waals surface area (Å²) in [6.45, 7) is 9.18. The molecule has 4 N–H and O–H groups in total. The van der Waals surface area contributed by atoms with Gasteiger partial charge in [-0.25, -0.2) is 4.79 Å². The number of hydrogen-bond acceptors (Lipinski definition) is 8. The van der Waals surface area contributed by atoms with Crippen molar-refractivity contribution >= 4 is 41.4 Å². The van der Waals surface area contributed by atoms with Crippen LogP contribution >= 0.6 is 0 Å². The van der Waals surface area contributed by atoms with Crippen LogP contribution in [0.4, 0.5) is 4.79 Å². The summed E-state index contributed by atoms with van der Waals surface area (Å²) in [6.07, 6.45) is 4.79. The molecule has 1 aromatic carbocycles. The number of benzene rings is 1. The Hall–Kier alpha value is -4.49. The molecule has 1 aromatic rings. The number of carbonyl (C=O) groups is 7. The third-order valence-electron chi connectivity index (χ3n) is 10.2. The van der Waals surface area contributed by atoms with E-state index in [2.05, 4.69) is 21.3 Å². The average molecular weight is 727 g/mol. The number of alkyl carbamates (subject to hydrolysis) is 1. The Morgan fingerprint density at radius 1 is 0.923 bits per heavy atom. The van der Waals surface area contributed by atoms with Crippen LogP contribution in [0.15, 0.2) is 30.3 Å². The van der Waals surface area contributed by atoms with Gasteiger partial charge in [-0.15, -0.1) is 0 Å². The topological polar surface area (TPSA) is 183 Å². The molecule has 288 valence electrons. The summed E-state index contributed by atoms with van der Waals surface area (Å²) >= 11 is 0. The van der Waals surface area contributed by atoms with Crippen molar-refractivity contribution in [3.05, 3.63) is 35.9 Å². The maximum absolute atomic E-state index is 14.3. The number of nitrogens with one attached hydrogen (secondary N) is 4. The molecule has 1 aliphatic carbocycles. The lowest BCUT2D eigenvalue weighted by Crippen LogP contribution is -2.60. The molecular weight excluding hydrogens is 668 g/mol. The molecule has 1 aliphatic heterocycles. The number of amides is 6. The largest absolute Gasteiger partial charge is 0.446 e. The van der Waals surface area contributed by atoms with Crippen LogP contribution in [0, 0.1) is 11.3 Å². The van der Waals surface area contributed by atoms with Gasteiger partial charge in [-0.2, -0.15) is 0 Å². The highest BCUT2D eigenvalue weighted by Gasteiger charge is 2.47. The van der Waals surface area contributed by atoms with E-state index in [0.717, 1.165) is 32.1 Å². The fourth-order valence-corrected chi connectivity index (χ4v) is 6.74. The summed E-state index contributed by atoms with van der Waals surface area (Å²) in [6, 6.07) is 4.64. The zero-order chi connectivity index (χ0) is 38.6. The maximum atomic E-state index is 14.3. The number of likely N-dealkylation sites (tertiary alicyclic amines) is 1. The Kier molecular flexibility index (Phi) is 15.6. The zero-order valence-corrected chi connectivity index (χ0v) is 31.8. The van der Waals surface area contributed by atoms with Gasteiger partial charge in [0, 0.05) is 20.6 Å². The first-order chi connectivity index (χ1) is 24.6. The zero-order valence-electron chi connectivity index (χ0n) is 31.8. The van der Waals surface area contributed by atoms with Crippen molar-refractivity contribution in [3.8, 4) is 0 Å². The highest BCUT2D eigenvalue weighted by molar-refractivity contribution is 6.38. The number of ketones is 1. The van der Waals surface area contributed by atoms with Crippen molar-refractivity contribution in [3.63, 3.8) is 0 Å².